The zero-order valence-corrected chi connectivity index (χ0v) is 10.0. The van der Waals surface area contributed by atoms with Crippen LogP contribution in [0.25, 0.3) is 0 Å². The topological polar surface area (TPSA) is 161 Å². The molecule has 64 valence electrons. The van der Waals surface area contributed by atoms with Gasteiger partial charge in [-0.15, -0.1) is 0 Å². The first-order chi connectivity index (χ1) is 4.00. The number of hydrogen-bond donors (Lipinski definition) is 4. The van der Waals surface area contributed by atoms with Crippen LogP contribution in [0.1, 0.15) is 0 Å². The average Bonchev–Trinajstić information content (AvgIpc) is 1.12. The van der Waals surface area contributed by atoms with E-state index in [2.05, 4.69) is 0 Å². The van der Waals surface area contributed by atoms with Crippen molar-refractivity contribution in [1.29, 1.82) is 0 Å². The maximum absolute atomic E-state index is 8.94. The van der Waals surface area contributed by atoms with Gasteiger partial charge in [0.2, 0.25) is 0 Å². The molecule has 0 fully saturated rings. The molecule has 0 saturated carbocycles. The monoisotopic (exact) mass is 278 g/mol. The van der Waals surface area contributed by atoms with E-state index in [1.54, 1.807) is 0 Å². The molecule has 0 bridgehead atoms. The molecule has 0 heterocycles. The van der Waals surface area contributed by atoms with Crippen LogP contribution in [0.4, 0.5) is 0 Å². The van der Waals surface area contributed by atoms with E-state index in [1.165, 1.54) is 0 Å². The average molecular weight is 278 g/mol. The Balaban J connectivity index is -0.000000107. The molecule has 4 N–H and O–H groups in total. The molecule has 0 unspecified atom stereocenters. The summed E-state index contributed by atoms with van der Waals surface area (Å²) in [7, 11) is -5.14. The Bertz CT molecular complexity index is 126. The van der Waals surface area contributed by atoms with E-state index in [-0.39, 0.29) is 37.7 Å². The largest absolute Gasteiger partial charge is 2.00 e. The Morgan fingerprint density at radius 1 is 1.18 bits per heavy atom. The van der Waals surface area contributed by atoms with Gasteiger partial charge in [0.15, 0.2) is 0 Å². The summed E-state index contributed by atoms with van der Waals surface area (Å²) >= 11 is -5.12. The van der Waals surface area contributed by atoms with E-state index in [1.807, 2.05) is 0 Å². The molecule has 0 aromatic heterocycles. The van der Waals surface area contributed by atoms with E-state index < -0.39 is 22.3 Å². The molecule has 0 amide bonds. The van der Waals surface area contributed by atoms with Crippen molar-refractivity contribution in [3.8, 4) is 0 Å². The van der Waals surface area contributed by atoms with E-state index in [9.17, 15) is 0 Å². The maximum atomic E-state index is 8.94. The van der Waals surface area contributed by atoms with Crippen molar-refractivity contribution in [2.24, 2.45) is 0 Å². The second-order valence-electron chi connectivity index (χ2n) is 0.982. The zero-order valence-electron chi connectivity index (χ0n) is 5.02. The molecule has 0 aromatic carbocycles. The Morgan fingerprint density at radius 3 is 1.18 bits per heavy atom. The summed E-state index contributed by atoms with van der Waals surface area (Å²) in [6.07, 6.45) is 0. The first kappa shape index (κ1) is 18.4. The van der Waals surface area contributed by atoms with Crippen molar-refractivity contribution in [2.75, 3.05) is 0 Å². The van der Waals surface area contributed by atoms with Crippen molar-refractivity contribution in [3.63, 3.8) is 0 Å². The zero-order chi connectivity index (χ0) is 9.00. The van der Waals surface area contributed by atoms with Gasteiger partial charge < -0.3 is 19.2 Å². The summed E-state index contributed by atoms with van der Waals surface area (Å²) in [5.74, 6) is 0. The molecule has 0 aliphatic carbocycles. The van der Waals surface area contributed by atoms with Gasteiger partial charge >= 0.3 is 68.3 Å². The molecule has 8 nitrogen and oxygen atoms in total. The van der Waals surface area contributed by atoms with E-state index in [0.29, 0.717) is 0 Å². The number of hydrogen-bond acceptors (Lipinski definition) is 4. The van der Waals surface area contributed by atoms with E-state index in [4.69, 9.17) is 35.3 Å². The molecule has 0 aliphatic rings. The van der Waals surface area contributed by atoms with Crippen molar-refractivity contribution >= 4 is 60.1 Å². The van der Waals surface area contributed by atoms with Crippen LogP contribution < -0.4 is 9.79 Å². The summed E-state index contributed by atoms with van der Waals surface area (Å²) in [4.78, 5) is 24.3. The summed E-state index contributed by atoms with van der Waals surface area (Å²) in [6, 6.07) is 0. The smallest absolute Gasteiger partial charge is 2.00 e. The van der Waals surface area contributed by atoms with Crippen molar-refractivity contribution in [1.82, 2.24) is 0 Å². The van der Waals surface area contributed by atoms with E-state index in [0.717, 1.165) is 0 Å². The van der Waals surface area contributed by atoms with Crippen LogP contribution in [-0.2, 0) is 8.30 Å². The maximum Gasteiger partial charge on any atom is 2.00 e. The van der Waals surface area contributed by atoms with Gasteiger partial charge in [-0.1, -0.05) is 0 Å². The van der Waals surface area contributed by atoms with Gasteiger partial charge in [0.05, 0.1) is 7.82 Å². The normalized spacial score (nSPS) is 10.7. The Hall–Kier alpha value is 1.61. The van der Waals surface area contributed by atoms with E-state index >= 15 is 0 Å². The molecule has 0 rings (SSSR count). The predicted molar refractivity (Wildman–Crippen MR) is 28.7 cm³/mol. The molecule has 0 radical (unpaired) electrons. The van der Waals surface area contributed by atoms with Crippen LogP contribution in [-0.4, -0.2) is 69.4 Å². The van der Waals surface area contributed by atoms with Gasteiger partial charge in [0.25, 0.3) is 0 Å². The Kier molecular flexibility index (Phi) is 11.8. The van der Waals surface area contributed by atoms with Gasteiger partial charge in [0, 0.05) is 0 Å². The molecule has 11 heteroatoms. The number of phosphoric acid groups is 1. The fourth-order valence-corrected chi connectivity index (χ4v) is 0. The first-order valence-electron chi connectivity index (χ1n) is 1.53. The van der Waals surface area contributed by atoms with Crippen molar-refractivity contribution in [2.45, 2.75) is 0 Å². The van der Waals surface area contributed by atoms with Crippen molar-refractivity contribution in [3.05, 3.63) is 0 Å². The fourth-order valence-electron chi connectivity index (χ4n) is 0. The summed E-state index contributed by atoms with van der Waals surface area (Å²) in [5, 5.41) is 0. The van der Waals surface area contributed by atoms with Gasteiger partial charge in [0.1, 0.15) is 0 Å². The summed E-state index contributed by atoms with van der Waals surface area (Å²) in [6.45, 7) is 0. The third kappa shape index (κ3) is 414. The predicted octanol–water partition coefficient (Wildman–Crippen LogP) is -4.74. The minimum atomic E-state index is -5.14. The second kappa shape index (κ2) is 7.05. The third-order valence-corrected chi connectivity index (χ3v) is 0. The summed E-state index contributed by atoms with van der Waals surface area (Å²) < 4.78 is 39.3. The summed E-state index contributed by atoms with van der Waals surface area (Å²) in [5.41, 5.74) is 0. The van der Waals surface area contributed by atoms with Crippen LogP contribution in [0.5, 0.6) is 0 Å². The molecule has 11 heavy (non-hydrogen) atoms. The SMILES string of the molecule is O=P([O-])([O-])O.O=[As](O)(O)O.[Ca+2]. The molecular formula is H4AsCaO8P. The van der Waals surface area contributed by atoms with Crippen LogP contribution in [0.15, 0.2) is 0 Å². The minimum absolute atomic E-state index is 0. The Labute approximate surface area is 94.5 Å². The molecule has 0 aromatic rings. The van der Waals surface area contributed by atoms with Crippen LogP contribution in [0.2, 0.25) is 0 Å². The molecule has 0 atom stereocenters. The molecule has 0 aliphatic heterocycles. The van der Waals surface area contributed by atoms with Crippen molar-refractivity contribution < 1.29 is 35.3 Å². The van der Waals surface area contributed by atoms with Crippen LogP contribution in [0, 0.1) is 0 Å². The second-order valence-corrected chi connectivity index (χ2v) is 4.07. The van der Waals surface area contributed by atoms with Gasteiger partial charge in [-0.05, 0) is 0 Å². The number of rotatable bonds is 0. The molecular weight excluding hydrogens is 274 g/mol. The van der Waals surface area contributed by atoms with Gasteiger partial charge in [-0.2, -0.15) is 0 Å². The first-order valence-corrected chi connectivity index (χ1v) is 6.31. The fraction of sp³-hybridized carbons (Fsp3) is 0. The standard InChI is InChI=1S/AsH3O4.Ca.H3O4P/c2-1(3,4)5;;1-5(2,3)4/h(H3,2,3,4,5);;(H3,1,2,3,4)/q;+2;/p-2. The Morgan fingerprint density at radius 2 is 1.18 bits per heavy atom. The molecule has 0 saturated heterocycles. The van der Waals surface area contributed by atoms with Gasteiger partial charge in [-0.3, -0.25) is 0 Å². The van der Waals surface area contributed by atoms with Crippen LogP contribution in [0.3, 0.4) is 0 Å². The van der Waals surface area contributed by atoms with Crippen LogP contribution >= 0.6 is 7.82 Å². The third-order valence-electron chi connectivity index (χ3n) is 0. The molecule has 0 spiro atoms. The quantitative estimate of drug-likeness (QED) is 0.253. The van der Waals surface area contributed by atoms with Gasteiger partial charge in [-0.25, -0.2) is 0 Å². The minimum Gasteiger partial charge on any atom is 2.00 e.